The van der Waals surface area contributed by atoms with Crippen LogP contribution in [0.15, 0.2) is 0 Å². The monoisotopic (exact) mass is 206 g/mol. The summed E-state index contributed by atoms with van der Waals surface area (Å²) in [5, 5.41) is 47.2. The van der Waals surface area contributed by atoms with E-state index >= 15 is 0 Å². The van der Waals surface area contributed by atoms with Crippen LogP contribution >= 0.6 is 0 Å². The second-order valence-electron chi connectivity index (χ2n) is 4.27. The van der Waals surface area contributed by atoms with E-state index in [1.54, 1.807) is 13.8 Å². The summed E-state index contributed by atoms with van der Waals surface area (Å²) in [4.78, 5) is 0. The Balaban J connectivity index is 2.86. The van der Waals surface area contributed by atoms with E-state index in [2.05, 4.69) is 0 Å². The fourth-order valence-electron chi connectivity index (χ4n) is 2.05. The molecule has 14 heavy (non-hydrogen) atoms. The highest BCUT2D eigenvalue weighted by molar-refractivity contribution is 4.98. The second kappa shape index (κ2) is 4.12. The third kappa shape index (κ3) is 1.78. The summed E-state index contributed by atoms with van der Waals surface area (Å²) in [5.41, 5.74) is 0. The second-order valence-corrected chi connectivity index (χ2v) is 4.27. The SMILES string of the molecule is CC(C)C1[C@H](O)[C@H](O)C(O)[C@H](O)[C@H]1O. The van der Waals surface area contributed by atoms with Gasteiger partial charge in [0, 0.05) is 5.92 Å². The standard InChI is InChI=1S/C9H18O5/c1-3(2)4-5(10)7(12)9(14)8(13)6(4)11/h3-14H,1-2H3/t4?,5-,6-,7-,8+,9?/m0/s1. The molecule has 0 aromatic carbocycles. The van der Waals surface area contributed by atoms with Gasteiger partial charge in [0.1, 0.15) is 18.3 Å². The highest BCUT2D eigenvalue weighted by Crippen LogP contribution is 2.31. The summed E-state index contributed by atoms with van der Waals surface area (Å²) in [6, 6.07) is 0. The summed E-state index contributed by atoms with van der Waals surface area (Å²) in [7, 11) is 0. The van der Waals surface area contributed by atoms with Crippen LogP contribution in [-0.4, -0.2) is 56.1 Å². The Bertz CT molecular complexity index is 180. The maximum Gasteiger partial charge on any atom is 0.111 e. The third-order valence-corrected chi connectivity index (χ3v) is 2.96. The molecule has 1 aliphatic rings. The Kier molecular flexibility index (Phi) is 3.49. The molecule has 0 saturated heterocycles. The van der Waals surface area contributed by atoms with Gasteiger partial charge in [-0.05, 0) is 5.92 Å². The Hall–Kier alpha value is -0.200. The molecule has 1 saturated carbocycles. The minimum Gasteiger partial charge on any atom is -0.390 e. The van der Waals surface area contributed by atoms with Crippen LogP contribution in [0.25, 0.3) is 0 Å². The first-order valence-electron chi connectivity index (χ1n) is 4.78. The van der Waals surface area contributed by atoms with Gasteiger partial charge in [-0.2, -0.15) is 0 Å². The van der Waals surface area contributed by atoms with Gasteiger partial charge >= 0.3 is 0 Å². The number of aliphatic hydroxyl groups is 5. The molecule has 0 radical (unpaired) electrons. The van der Waals surface area contributed by atoms with Crippen molar-refractivity contribution in [1.29, 1.82) is 0 Å². The zero-order valence-corrected chi connectivity index (χ0v) is 8.28. The quantitative estimate of drug-likeness (QED) is 0.344. The lowest BCUT2D eigenvalue weighted by Crippen LogP contribution is -2.62. The predicted octanol–water partition coefficient (Wildman–Crippen LogP) is -1.92. The van der Waals surface area contributed by atoms with Crippen molar-refractivity contribution in [1.82, 2.24) is 0 Å². The van der Waals surface area contributed by atoms with E-state index in [4.69, 9.17) is 0 Å². The molecule has 5 N–H and O–H groups in total. The zero-order valence-electron chi connectivity index (χ0n) is 8.28. The molecule has 0 heterocycles. The molecule has 0 bridgehead atoms. The number of aliphatic hydroxyl groups excluding tert-OH is 5. The molecule has 0 aromatic heterocycles. The number of hydrogen-bond donors (Lipinski definition) is 5. The van der Waals surface area contributed by atoms with Gasteiger partial charge in [-0.1, -0.05) is 13.8 Å². The van der Waals surface area contributed by atoms with E-state index in [0.29, 0.717) is 0 Å². The molecule has 0 aliphatic heterocycles. The zero-order chi connectivity index (χ0) is 11.0. The fourth-order valence-corrected chi connectivity index (χ4v) is 2.05. The lowest BCUT2D eigenvalue weighted by Gasteiger charge is -2.43. The molecule has 0 amide bonds. The molecular formula is C9H18O5. The van der Waals surface area contributed by atoms with Gasteiger partial charge in [-0.25, -0.2) is 0 Å². The molecule has 1 aliphatic carbocycles. The molecule has 0 spiro atoms. The molecule has 5 heteroatoms. The molecular weight excluding hydrogens is 188 g/mol. The van der Waals surface area contributed by atoms with Gasteiger partial charge in [0.2, 0.25) is 0 Å². The van der Waals surface area contributed by atoms with Crippen LogP contribution in [0.2, 0.25) is 0 Å². The van der Waals surface area contributed by atoms with E-state index in [1.165, 1.54) is 0 Å². The molecule has 6 atom stereocenters. The minimum atomic E-state index is -1.49. The van der Waals surface area contributed by atoms with Crippen molar-refractivity contribution in [3.63, 3.8) is 0 Å². The summed E-state index contributed by atoms with van der Waals surface area (Å²) in [5.74, 6) is -0.708. The highest BCUT2D eigenvalue weighted by atomic mass is 16.4. The summed E-state index contributed by atoms with van der Waals surface area (Å²) in [6.45, 7) is 3.54. The van der Waals surface area contributed by atoms with Gasteiger partial charge in [-0.15, -0.1) is 0 Å². The first-order chi connectivity index (χ1) is 6.37. The van der Waals surface area contributed by atoms with E-state index < -0.39 is 36.4 Å². The molecule has 0 aromatic rings. The van der Waals surface area contributed by atoms with Crippen LogP contribution in [-0.2, 0) is 0 Å². The Labute approximate surface area is 82.6 Å². The third-order valence-electron chi connectivity index (χ3n) is 2.96. The van der Waals surface area contributed by atoms with Gasteiger partial charge in [0.25, 0.3) is 0 Å². The predicted molar refractivity (Wildman–Crippen MR) is 48.4 cm³/mol. The van der Waals surface area contributed by atoms with Crippen molar-refractivity contribution in [2.75, 3.05) is 0 Å². The maximum atomic E-state index is 9.59. The van der Waals surface area contributed by atoms with Crippen LogP contribution < -0.4 is 0 Å². The van der Waals surface area contributed by atoms with Crippen molar-refractivity contribution in [3.8, 4) is 0 Å². The van der Waals surface area contributed by atoms with Crippen molar-refractivity contribution in [3.05, 3.63) is 0 Å². The minimum absolute atomic E-state index is 0.0863. The summed E-state index contributed by atoms with van der Waals surface area (Å²) >= 11 is 0. The van der Waals surface area contributed by atoms with Gasteiger partial charge in [0.15, 0.2) is 0 Å². The Morgan fingerprint density at radius 1 is 0.643 bits per heavy atom. The van der Waals surface area contributed by atoms with E-state index in [1.807, 2.05) is 0 Å². The van der Waals surface area contributed by atoms with Crippen molar-refractivity contribution in [2.24, 2.45) is 11.8 Å². The Morgan fingerprint density at radius 3 is 1.21 bits per heavy atom. The fraction of sp³-hybridized carbons (Fsp3) is 1.00. The largest absolute Gasteiger partial charge is 0.390 e. The smallest absolute Gasteiger partial charge is 0.111 e. The van der Waals surface area contributed by atoms with Crippen molar-refractivity contribution < 1.29 is 25.5 Å². The maximum absolute atomic E-state index is 9.59. The van der Waals surface area contributed by atoms with Gasteiger partial charge in [-0.3, -0.25) is 0 Å². The van der Waals surface area contributed by atoms with Crippen LogP contribution in [0, 0.1) is 11.8 Å². The van der Waals surface area contributed by atoms with Crippen LogP contribution in [0.5, 0.6) is 0 Å². The molecule has 5 nitrogen and oxygen atoms in total. The molecule has 1 rings (SSSR count). The van der Waals surface area contributed by atoms with Crippen LogP contribution in [0.4, 0.5) is 0 Å². The average Bonchev–Trinajstić information content (AvgIpc) is 2.11. The van der Waals surface area contributed by atoms with E-state index in [0.717, 1.165) is 0 Å². The van der Waals surface area contributed by atoms with E-state index in [9.17, 15) is 25.5 Å². The van der Waals surface area contributed by atoms with Crippen molar-refractivity contribution in [2.45, 2.75) is 44.4 Å². The van der Waals surface area contributed by atoms with Crippen molar-refractivity contribution >= 4 is 0 Å². The van der Waals surface area contributed by atoms with Gasteiger partial charge < -0.3 is 25.5 Å². The number of hydrogen-bond acceptors (Lipinski definition) is 5. The van der Waals surface area contributed by atoms with Gasteiger partial charge in [0.05, 0.1) is 12.2 Å². The lowest BCUT2D eigenvalue weighted by molar-refractivity contribution is -0.211. The molecule has 1 fully saturated rings. The van der Waals surface area contributed by atoms with Crippen LogP contribution in [0.3, 0.4) is 0 Å². The number of rotatable bonds is 1. The summed E-state index contributed by atoms with van der Waals surface area (Å²) in [6.07, 6.45) is -6.71. The summed E-state index contributed by atoms with van der Waals surface area (Å²) < 4.78 is 0. The van der Waals surface area contributed by atoms with E-state index in [-0.39, 0.29) is 5.92 Å². The normalized spacial score (nSPS) is 49.7. The Morgan fingerprint density at radius 2 is 0.929 bits per heavy atom. The van der Waals surface area contributed by atoms with Crippen LogP contribution in [0.1, 0.15) is 13.8 Å². The first-order valence-corrected chi connectivity index (χ1v) is 4.78. The lowest BCUT2D eigenvalue weighted by atomic mass is 9.73. The average molecular weight is 206 g/mol. The highest BCUT2D eigenvalue weighted by Gasteiger charge is 2.48. The molecule has 2 unspecified atom stereocenters. The topological polar surface area (TPSA) is 101 Å². The molecule has 84 valence electrons. The first kappa shape index (κ1) is 11.9.